The van der Waals surface area contributed by atoms with Gasteiger partial charge in [-0.15, -0.1) is 0 Å². The van der Waals surface area contributed by atoms with Crippen LogP contribution in [-0.4, -0.2) is 17.4 Å². The average molecular weight is 388 g/mol. The van der Waals surface area contributed by atoms with Crippen molar-refractivity contribution in [2.24, 2.45) is 0 Å². The zero-order chi connectivity index (χ0) is 20.4. The van der Waals surface area contributed by atoms with Gasteiger partial charge in [-0.2, -0.15) is 0 Å². The standard InChI is InChI=1S/C24H24N2O3/c1-17(2)16-29-22-13-7-5-11-20(22)24(3)25-21-12-6-4-10-19(21)23(27)26(24)15-18-9-8-14-28-18/h4-14,25H,1,15-16H2,2-3H3. The van der Waals surface area contributed by atoms with Crippen molar-refractivity contribution in [1.29, 1.82) is 0 Å². The first kappa shape index (κ1) is 18.9. The number of hydrogen-bond donors (Lipinski definition) is 1. The average Bonchev–Trinajstić information content (AvgIpc) is 3.23. The van der Waals surface area contributed by atoms with Crippen LogP contribution < -0.4 is 10.1 Å². The molecule has 5 nitrogen and oxygen atoms in total. The number of fused-ring (bicyclic) bond motifs is 1. The van der Waals surface area contributed by atoms with Crippen molar-refractivity contribution in [2.75, 3.05) is 11.9 Å². The van der Waals surface area contributed by atoms with Crippen LogP contribution in [0.25, 0.3) is 0 Å². The van der Waals surface area contributed by atoms with Crippen molar-refractivity contribution >= 4 is 11.6 Å². The molecule has 0 bridgehead atoms. The third-order valence-electron chi connectivity index (χ3n) is 5.10. The molecule has 2 aromatic carbocycles. The van der Waals surface area contributed by atoms with E-state index in [0.717, 1.165) is 16.8 Å². The minimum absolute atomic E-state index is 0.0621. The first-order valence-electron chi connectivity index (χ1n) is 9.57. The Bertz CT molecular complexity index is 1040. The fraction of sp³-hybridized carbons (Fsp3) is 0.208. The van der Waals surface area contributed by atoms with Gasteiger partial charge in [0, 0.05) is 11.3 Å². The van der Waals surface area contributed by atoms with E-state index >= 15 is 0 Å². The van der Waals surface area contributed by atoms with Crippen LogP contribution in [0.5, 0.6) is 5.75 Å². The van der Waals surface area contributed by atoms with Crippen LogP contribution in [-0.2, 0) is 12.2 Å². The third-order valence-corrected chi connectivity index (χ3v) is 5.10. The number of ether oxygens (including phenoxy) is 1. The summed E-state index contributed by atoms with van der Waals surface area (Å²) in [6, 6.07) is 19.0. The van der Waals surface area contributed by atoms with Gasteiger partial charge < -0.3 is 19.4 Å². The van der Waals surface area contributed by atoms with Crippen LogP contribution >= 0.6 is 0 Å². The summed E-state index contributed by atoms with van der Waals surface area (Å²) in [5.74, 6) is 1.36. The van der Waals surface area contributed by atoms with Crippen molar-refractivity contribution in [2.45, 2.75) is 26.1 Å². The van der Waals surface area contributed by atoms with Gasteiger partial charge in [0.1, 0.15) is 23.8 Å². The van der Waals surface area contributed by atoms with E-state index < -0.39 is 5.66 Å². The molecule has 1 aromatic heterocycles. The third kappa shape index (κ3) is 3.51. The SMILES string of the molecule is C=C(C)COc1ccccc1C1(C)Nc2ccccc2C(=O)N1Cc1ccco1. The van der Waals surface area contributed by atoms with E-state index in [4.69, 9.17) is 9.15 Å². The van der Waals surface area contributed by atoms with Gasteiger partial charge in [-0.05, 0) is 49.8 Å². The second-order valence-corrected chi connectivity index (χ2v) is 7.46. The van der Waals surface area contributed by atoms with Gasteiger partial charge in [0.15, 0.2) is 0 Å². The predicted molar refractivity (Wildman–Crippen MR) is 113 cm³/mol. The number of carbonyl (C=O) groups is 1. The lowest BCUT2D eigenvalue weighted by molar-refractivity contribution is 0.0481. The quantitative estimate of drug-likeness (QED) is 0.592. The molecule has 0 fully saturated rings. The number of furan rings is 1. The van der Waals surface area contributed by atoms with Crippen molar-refractivity contribution in [3.05, 3.63) is 96.0 Å². The zero-order valence-electron chi connectivity index (χ0n) is 16.6. The molecule has 1 aliphatic rings. The molecule has 0 radical (unpaired) electrons. The van der Waals surface area contributed by atoms with Crippen molar-refractivity contribution in [3.63, 3.8) is 0 Å². The fourth-order valence-electron chi connectivity index (χ4n) is 3.65. The number of benzene rings is 2. The first-order valence-corrected chi connectivity index (χ1v) is 9.57. The van der Waals surface area contributed by atoms with E-state index in [9.17, 15) is 4.79 Å². The Kier molecular flexibility index (Phi) is 4.89. The number of hydrogen-bond acceptors (Lipinski definition) is 4. The summed E-state index contributed by atoms with van der Waals surface area (Å²) in [4.78, 5) is 15.3. The Morgan fingerprint density at radius 3 is 2.66 bits per heavy atom. The minimum atomic E-state index is -0.829. The summed E-state index contributed by atoms with van der Waals surface area (Å²) in [6.45, 7) is 8.58. The molecule has 1 amide bonds. The summed E-state index contributed by atoms with van der Waals surface area (Å²) in [5, 5.41) is 3.57. The number of nitrogens with zero attached hydrogens (tertiary/aromatic N) is 1. The Morgan fingerprint density at radius 2 is 1.90 bits per heavy atom. The van der Waals surface area contributed by atoms with Crippen molar-refractivity contribution in [3.8, 4) is 5.75 Å². The highest BCUT2D eigenvalue weighted by atomic mass is 16.5. The van der Waals surface area contributed by atoms with Gasteiger partial charge in [0.25, 0.3) is 5.91 Å². The van der Waals surface area contributed by atoms with Gasteiger partial charge in [-0.3, -0.25) is 4.79 Å². The monoisotopic (exact) mass is 388 g/mol. The Labute approximate surface area is 170 Å². The maximum atomic E-state index is 13.5. The molecule has 2 heterocycles. The normalized spacial score (nSPS) is 18.1. The van der Waals surface area contributed by atoms with E-state index in [1.807, 2.05) is 74.5 Å². The molecular weight excluding hydrogens is 364 g/mol. The molecule has 5 heteroatoms. The highest BCUT2D eigenvalue weighted by Crippen LogP contribution is 2.42. The molecule has 0 aliphatic carbocycles. The maximum absolute atomic E-state index is 13.5. The lowest BCUT2D eigenvalue weighted by Crippen LogP contribution is -2.55. The smallest absolute Gasteiger partial charge is 0.258 e. The molecule has 0 saturated heterocycles. The lowest BCUT2D eigenvalue weighted by Gasteiger charge is -2.46. The van der Waals surface area contributed by atoms with Gasteiger partial charge in [-0.25, -0.2) is 0 Å². The summed E-state index contributed by atoms with van der Waals surface area (Å²) in [5.41, 5.74) is 2.40. The maximum Gasteiger partial charge on any atom is 0.258 e. The van der Waals surface area contributed by atoms with Gasteiger partial charge in [0.05, 0.1) is 18.4 Å². The number of nitrogens with one attached hydrogen (secondary N) is 1. The van der Waals surface area contributed by atoms with E-state index in [-0.39, 0.29) is 5.91 Å². The molecule has 3 aromatic rings. The lowest BCUT2D eigenvalue weighted by atomic mass is 9.92. The zero-order valence-corrected chi connectivity index (χ0v) is 16.6. The molecule has 4 rings (SSSR count). The van der Waals surface area contributed by atoms with Crippen LogP contribution in [0, 0.1) is 0 Å². The molecule has 148 valence electrons. The van der Waals surface area contributed by atoms with Crippen LogP contribution in [0.3, 0.4) is 0 Å². The number of rotatable bonds is 6. The van der Waals surface area contributed by atoms with Crippen LogP contribution in [0.15, 0.2) is 83.5 Å². The number of para-hydroxylation sites is 2. The number of anilines is 1. The summed E-state index contributed by atoms with van der Waals surface area (Å²) < 4.78 is 11.6. The van der Waals surface area contributed by atoms with Crippen LogP contribution in [0.1, 0.15) is 35.5 Å². The number of carbonyl (C=O) groups excluding carboxylic acids is 1. The van der Waals surface area contributed by atoms with Crippen molar-refractivity contribution in [1.82, 2.24) is 4.90 Å². The molecule has 1 unspecified atom stereocenters. The Balaban J connectivity index is 1.82. The fourth-order valence-corrected chi connectivity index (χ4v) is 3.65. The predicted octanol–water partition coefficient (Wildman–Crippen LogP) is 5.18. The highest BCUT2D eigenvalue weighted by molar-refractivity contribution is 6.02. The molecule has 1 N–H and O–H groups in total. The Morgan fingerprint density at radius 1 is 1.14 bits per heavy atom. The van der Waals surface area contributed by atoms with E-state index in [1.54, 1.807) is 11.2 Å². The van der Waals surface area contributed by atoms with Gasteiger partial charge >= 0.3 is 0 Å². The molecule has 1 aliphatic heterocycles. The second-order valence-electron chi connectivity index (χ2n) is 7.46. The van der Waals surface area contributed by atoms with E-state index in [0.29, 0.717) is 30.2 Å². The largest absolute Gasteiger partial charge is 0.489 e. The summed E-state index contributed by atoms with van der Waals surface area (Å²) >= 11 is 0. The van der Waals surface area contributed by atoms with Gasteiger partial charge in [0.2, 0.25) is 0 Å². The number of amides is 1. The molecular formula is C24H24N2O3. The molecule has 0 spiro atoms. The minimum Gasteiger partial charge on any atom is -0.489 e. The topological polar surface area (TPSA) is 54.7 Å². The summed E-state index contributed by atoms with van der Waals surface area (Å²) in [6.07, 6.45) is 1.62. The highest BCUT2D eigenvalue weighted by Gasteiger charge is 2.44. The van der Waals surface area contributed by atoms with Crippen LogP contribution in [0.4, 0.5) is 5.69 Å². The second kappa shape index (κ2) is 7.51. The molecule has 0 saturated carbocycles. The van der Waals surface area contributed by atoms with Crippen LogP contribution in [0.2, 0.25) is 0 Å². The molecule has 29 heavy (non-hydrogen) atoms. The van der Waals surface area contributed by atoms with Crippen molar-refractivity contribution < 1.29 is 13.9 Å². The first-order chi connectivity index (χ1) is 14.0. The van der Waals surface area contributed by atoms with E-state index in [2.05, 4.69) is 11.9 Å². The summed E-state index contributed by atoms with van der Waals surface area (Å²) in [7, 11) is 0. The Hall–Kier alpha value is -3.47. The van der Waals surface area contributed by atoms with E-state index in [1.165, 1.54) is 0 Å². The van der Waals surface area contributed by atoms with Gasteiger partial charge in [-0.1, -0.05) is 36.9 Å². The molecule has 1 atom stereocenters.